The summed E-state index contributed by atoms with van der Waals surface area (Å²) in [5.74, 6) is 0.818. The van der Waals surface area contributed by atoms with Crippen molar-refractivity contribution in [3.8, 4) is 0 Å². The minimum atomic E-state index is 0.319. The molecular weight excluding hydrogens is 166 g/mol. The molecular formula is C10H21NO2. The van der Waals surface area contributed by atoms with Gasteiger partial charge in [-0.25, -0.2) is 0 Å². The normalized spacial score (nSPS) is 24.0. The summed E-state index contributed by atoms with van der Waals surface area (Å²) >= 11 is 0. The van der Waals surface area contributed by atoms with Crippen molar-refractivity contribution in [2.45, 2.75) is 19.3 Å². The molecule has 0 aromatic rings. The van der Waals surface area contributed by atoms with E-state index in [1.54, 1.807) is 7.11 Å². The number of nitrogens with zero attached hydrogens (tertiary/aromatic N) is 1. The van der Waals surface area contributed by atoms with Gasteiger partial charge in [0, 0.05) is 33.4 Å². The van der Waals surface area contributed by atoms with Crippen LogP contribution in [0.1, 0.15) is 19.3 Å². The lowest BCUT2D eigenvalue weighted by atomic mass is 10.1. The first-order chi connectivity index (χ1) is 6.36. The third-order valence-electron chi connectivity index (χ3n) is 2.73. The number of aliphatic hydroxyl groups is 1. The Bertz CT molecular complexity index is 116. The largest absolute Gasteiger partial charge is 0.396 e. The fourth-order valence-electron chi connectivity index (χ4n) is 1.93. The van der Waals surface area contributed by atoms with E-state index in [1.165, 1.54) is 25.9 Å². The molecule has 3 heteroatoms. The minimum absolute atomic E-state index is 0.319. The molecule has 0 aliphatic carbocycles. The predicted molar refractivity (Wildman–Crippen MR) is 52.7 cm³/mol. The average Bonchev–Trinajstić information content (AvgIpc) is 2.59. The standard InChI is InChI=1S/C10H21NO2/c1-13-8-4-10-3-6-11(9-10)5-2-7-12/h10,12H,2-9H2,1H3. The fourth-order valence-corrected chi connectivity index (χ4v) is 1.93. The van der Waals surface area contributed by atoms with Crippen LogP contribution in [0.15, 0.2) is 0 Å². The molecule has 1 unspecified atom stereocenters. The van der Waals surface area contributed by atoms with Crippen LogP contribution in [0, 0.1) is 5.92 Å². The van der Waals surface area contributed by atoms with Gasteiger partial charge < -0.3 is 14.7 Å². The van der Waals surface area contributed by atoms with Crippen LogP contribution in [0.3, 0.4) is 0 Å². The van der Waals surface area contributed by atoms with Gasteiger partial charge in [0.05, 0.1) is 0 Å². The van der Waals surface area contributed by atoms with Gasteiger partial charge in [-0.1, -0.05) is 0 Å². The molecule has 0 bridgehead atoms. The third-order valence-corrected chi connectivity index (χ3v) is 2.73. The molecule has 78 valence electrons. The van der Waals surface area contributed by atoms with E-state index < -0.39 is 0 Å². The van der Waals surface area contributed by atoms with Crippen molar-refractivity contribution < 1.29 is 9.84 Å². The van der Waals surface area contributed by atoms with Crippen LogP contribution in [-0.2, 0) is 4.74 Å². The zero-order valence-electron chi connectivity index (χ0n) is 8.54. The van der Waals surface area contributed by atoms with Crippen molar-refractivity contribution in [1.29, 1.82) is 0 Å². The maximum absolute atomic E-state index is 8.69. The van der Waals surface area contributed by atoms with E-state index >= 15 is 0 Å². The summed E-state index contributed by atoms with van der Waals surface area (Å²) in [5.41, 5.74) is 0. The van der Waals surface area contributed by atoms with Crippen LogP contribution in [0.5, 0.6) is 0 Å². The third kappa shape index (κ3) is 4.07. The second kappa shape index (κ2) is 6.35. The van der Waals surface area contributed by atoms with Crippen molar-refractivity contribution >= 4 is 0 Å². The number of hydrogen-bond acceptors (Lipinski definition) is 3. The van der Waals surface area contributed by atoms with Gasteiger partial charge in [0.1, 0.15) is 0 Å². The van der Waals surface area contributed by atoms with E-state index in [-0.39, 0.29) is 0 Å². The van der Waals surface area contributed by atoms with Gasteiger partial charge >= 0.3 is 0 Å². The van der Waals surface area contributed by atoms with E-state index in [2.05, 4.69) is 4.90 Å². The maximum Gasteiger partial charge on any atom is 0.0465 e. The summed E-state index contributed by atoms with van der Waals surface area (Å²) in [6.07, 6.45) is 3.40. The molecule has 13 heavy (non-hydrogen) atoms. The highest BCUT2D eigenvalue weighted by Gasteiger charge is 2.21. The minimum Gasteiger partial charge on any atom is -0.396 e. The van der Waals surface area contributed by atoms with E-state index in [0.29, 0.717) is 6.61 Å². The maximum atomic E-state index is 8.69. The van der Waals surface area contributed by atoms with Crippen molar-refractivity contribution in [3.05, 3.63) is 0 Å². The Morgan fingerprint density at radius 1 is 1.54 bits per heavy atom. The van der Waals surface area contributed by atoms with E-state index in [1.807, 2.05) is 0 Å². The van der Waals surface area contributed by atoms with Crippen molar-refractivity contribution in [2.24, 2.45) is 5.92 Å². The Labute approximate surface area is 80.7 Å². The second-order valence-electron chi connectivity index (χ2n) is 3.81. The number of methoxy groups -OCH3 is 1. The monoisotopic (exact) mass is 187 g/mol. The Kier molecular flexibility index (Phi) is 5.35. The second-order valence-corrected chi connectivity index (χ2v) is 3.81. The number of hydrogen-bond donors (Lipinski definition) is 1. The molecule has 1 fully saturated rings. The quantitative estimate of drug-likeness (QED) is 0.665. The smallest absolute Gasteiger partial charge is 0.0465 e. The van der Waals surface area contributed by atoms with Crippen LogP contribution in [-0.4, -0.2) is 50.0 Å². The van der Waals surface area contributed by atoms with Gasteiger partial charge in [-0.2, -0.15) is 0 Å². The van der Waals surface area contributed by atoms with Gasteiger partial charge in [-0.05, 0) is 31.7 Å². The molecule has 0 spiro atoms. The summed E-state index contributed by atoms with van der Waals surface area (Å²) in [6.45, 7) is 4.66. The molecule has 1 atom stereocenters. The molecule has 3 nitrogen and oxygen atoms in total. The highest BCUT2D eigenvalue weighted by atomic mass is 16.5. The summed E-state index contributed by atoms with van der Waals surface area (Å²) in [5, 5.41) is 8.69. The van der Waals surface area contributed by atoms with E-state index in [9.17, 15) is 0 Å². The van der Waals surface area contributed by atoms with Gasteiger partial charge in [-0.15, -0.1) is 0 Å². The van der Waals surface area contributed by atoms with Crippen LogP contribution in [0.4, 0.5) is 0 Å². The Morgan fingerprint density at radius 3 is 3.08 bits per heavy atom. The average molecular weight is 187 g/mol. The van der Waals surface area contributed by atoms with Crippen LogP contribution in [0.25, 0.3) is 0 Å². The van der Waals surface area contributed by atoms with Crippen LogP contribution < -0.4 is 0 Å². The molecule has 1 aliphatic heterocycles. The van der Waals surface area contributed by atoms with Gasteiger partial charge in [-0.3, -0.25) is 0 Å². The molecule has 1 saturated heterocycles. The summed E-state index contributed by atoms with van der Waals surface area (Å²) < 4.78 is 5.06. The SMILES string of the molecule is COCCC1CCN(CCCO)C1. The first-order valence-electron chi connectivity index (χ1n) is 5.19. The van der Waals surface area contributed by atoms with Crippen LogP contribution in [0.2, 0.25) is 0 Å². The van der Waals surface area contributed by atoms with Gasteiger partial charge in [0.2, 0.25) is 0 Å². The molecule has 0 radical (unpaired) electrons. The van der Waals surface area contributed by atoms with Crippen molar-refractivity contribution in [2.75, 3.05) is 40.0 Å². The summed E-state index contributed by atoms with van der Waals surface area (Å²) in [6, 6.07) is 0. The van der Waals surface area contributed by atoms with E-state index in [4.69, 9.17) is 9.84 Å². The Balaban J connectivity index is 2.05. The molecule has 1 N–H and O–H groups in total. The topological polar surface area (TPSA) is 32.7 Å². The molecule has 1 heterocycles. The molecule has 0 amide bonds. The highest BCUT2D eigenvalue weighted by Crippen LogP contribution is 2.19. The van der Waals surface area contributed by atoms with Crippen molar-refractivity contribution in [1.82, 2.24) is 4.90 Å². The fraction of sp³-hybridized carbons (Fsp3) is 1.00. The lowest BCUT2D eigenvalue weighted by molar-refractivity contribution is 0.176. The molecule has 1 aliphatic rings. The summed E-state index contributed by atoms with van der Waals surface area (Å²) in [7, 11) is 1.76. The number of likely N-dealkylation sites (tertiary alicyclic amines) is 1. The first kappa shape index (κ1) is 11.0. The lowest BCUT2D eigenvalue weighted by Gasteiger charge is -2.14. The van der Waals surface area contributed by atoms with Crippen molar-refractivity contribution in [3.63, 3.8) is 0 Å². The molecule has 0 aromatic carbocycles. The van der Waals surface area contributed by atoms with Gasteiger partial charge in [0.15, 0.2) is 0 Å². The molecule has 1 rings (SSSR count). The Morgan fingerprint density at radius 2 is 2.38 bits per heavy atom. The first-order valence-corrected chi connectivity index (χ1v) is 5.19. The number of rotatable bonds is 6. The zero-order chi connectivity index (χ0) is 9.52. The van der Waals surface area contributed by atoms with E-state index in [0.717, 1.165) is 25.5 Å². The highest BCUT2D eigenvalue weighted by molar-refractivity contribution is 4.75. The molecule has 0 saturated carbocycles. The zero-order valence-corrected chi connectivity index (χ0v) is 8.54. The predicted octanol–water partition coefficient (Wildman–Crippen LogP) is 0.727. The Hall–Kier alpha value is -0.120. The van der Waals surface area contributed by atoms with Gasteiger partial charge in [0.25, 0.3) is 0 Å². The molecule has 0 aromatic heterocycles. The number of ether oxygens (including phenoxy) is 1. The lowest BCUT2D eigenvalue weighted by Crippen LogP contribution is -2.22. The number of aliphatic hydroxyl groups excluding tert-OH is 1. The van der Waals surface area contributed by atoms with Crippen LogP contribution >= 0.6 is 0 Å². The summed E-state index contributed by atoms with van der Waals surface area (Å²) in [4.78, 5) is 2.44.